The summed E-state index contributed by atoms with van der Waals surface area (Å²) in [5.41, 5.74) is 0.784. The molecule has 0 bridgehead atoms. The van der Waals surface area contributed by atoms with Gasteiger partial charge in [0.2, 0.25) is 0 Å². The van der Waals surface area contributed by atoms with E-state index in [1.165, 1.54) is 0 Å². The van der Waals surface area contributed by atoms with E-state index in [1.807, 2.05) is 34.6 Å². The molecule has 0 spiro atoms. The van der Waals surface area contributed by atoms with Crippen LogP contribution in [0.3, 0.4) is 0 Å². The third kappa shape index (κ3) is 4.25. The van der Waals surface area contributed by atoms with E-state index in [1.54, 1.807) is 6.08 Å². The molecule has 0 rings (SSSR count). The number of hydrogen-bond acceptors (Lipinski definition) is 0. The zero-order valence-electron chi connectivity index (χ0n) is 9.45. The number of hydrogen-bond donors (Lipinski definition) is 0. The SMILES string of the molecule is C=CC(C)C/C(F)=C(\C)C(C)(C)C. The molecular weight excluding hydrogens is 163 g/mol. The molecule has 13 heavy (non-hydrogen) atoms. The summed E-state index contributed by atoms with van der Waals surface area (Å²) in [6.07, 6.45) is 2.27. The van der Waals surface area contributed by atoms with Gasteiger partial charge in [-0.1, -0.05) is 33.8 Å². The van der Waals surface area contributed by atoms with Gasteiger partial charge in [0.25, 0.3) is 0 Å². The van der Waals surface area contributed by atoms with Crippen LogP contribution < -0.4 is 0 Å². The molecule has 0 saturated carbocycles. The first-order valence-corrected chi connectivity index (χ1v) is 4.77. The Morgan fingerprint density at radius 3 is 2.23 bits per heavy atom. The average molecular weight is 184 g/mol. The lowest BCUT2D eigenvalue weighted by atomic mass is 9.85. The van der Waals surface area contributed by atoms with E-state index in [4.69, 9.17) is 0 Å². The maximum atomic E-state index is 13.6. The summed E-state index contributed by atoms with van der Waals surface area (Å²) in [5, 5.41) is 0. The molecule has 1 heteroatoms. The highest BCUT2D eigenvalue weighted by atomic mass is 19.1. The Balaban J connectivity index is 4.54. The summed E-state index contributed by atoms with van der Waals surface area (Å²) >= 11 is 0. The molecule has 0 heterocycles. The van der Waals surface area contributed by atoms with E-state index in [0.29, 0.717) is 6.42 Å². The summed E-state index contributed by atoms with van der Waals surface area (Å²) in [6, 6.07) is 0. The molecule has 0 N–H and O–H groups in total. The maximum Gasteiger partial charge on any atom is 0.0999 e. The first kappa shape index (κ1) is 12.4. The molecule has 0 saturated heterocycles. The Morgan fingerprint density at radius 2 is 1.92 bits per heavy atom. The van der Waals surface area contributed by atoms with E-state index in [0.717, 1.165) is 5.57 Å². The fraction of sp³-hybridized carbons (Fsp3) is 0.667. The summed E-state index contributed by atoms with van der Waals surface area (Å²) in [4.78, 5) is 0. The first-order valence-electron chi connectivity index (χ1n) is 4.77. The molecule has 0 radical (unpaired) electrons. The zero-order valence-corrected chi connectivity index (χ0v) is 9.45. The van der Waals surface area contributed by atoms with Crippen molar-refractivity contribution >= 4 is 0 Å². The molecule has 0 aromatic rings. The second-order valence-electron chi connectivity index (χ2n) is 4.70. The molecule has 0 aliphatic heterocycles. The lowest BCUT2D eigenvalue weighted by Gasteiger charge is -2.21. The maximum absolute atomic E-state index is 13.6. The summed E-state index contributed by atoms with van der Waals surface area (Å²) in [7, 11) is 0. The lowest BCUT2D eigenvalue weighted by Crippen LogP contribution is -2.09. The molecule has 0 fully saturated rings. The van der Waals surface area contributed by atoms with Gasteiger partial charge in [-0.15, -0.1) is 6.58 Å². The van der Waals surface area contributed by atoms with Crippen LogP contribution in [-0.2, 0) is 0 Å². The Hall–Kier alpha value is -0.590. The Morgan fingerprint density at radius 1 is 1.46 bits per heavy atom. The van der Waals surface area contributed by atoms with Crippen LogP contribution in [0.15, 0.2) is 24.1 Å². The van der Waals surface area contributed by atoms with Crippen LogP contribution in [0.1, 0.15) is 41.0 Å². The van der Waals surface area contributed by atoms with E-state index in [9.17, 15) is 4.39 Å². The minimum Gasteiger partial charge on any atom is -0.212 e. The molecule has 76 valence electrons. The molecule has 0 aliphatic rings. The third-order valence-corrected chi connectivity index (χ3v) is 2.44. The number of allylic oxidation sites excluding steroid dienone is 3. The molecule has 1 unspecified atom stereocenters. The molecule has 1 atom stereocenters. The molecule has 0 aromatic heterocycles. The van der Waals surface area contributed by atoms with Crippen LogP contribution >= 0.6 is 0 Å². The van der Waals surface area contributed by atoms with E-state index < -0.39 is 0 Å². The third-order valence-electron chi connectivity index (χ3n) is 2.44. The van der Waals surface area contributed by atoms with Gasteiger partial charge in [0, 0.05) is 6.42 Å². The van der Waals surface area contributed by atoms with Crippen LogP contribution in [0.4, 0.5) is 4.39 Å². The average Bonchev–Trinajstić information content (AvgIpc) is 2.01. The van der Waals surface area contributed by atoms with Gasteiger partial charge in [-0.05, 0) is 23.8 Å². The lowest BCUT2D eigenvalue weighted by molar-refractivity contribution is 0.447. The number of halogens is 1. The molecule has 0 aromatic carbocycles. The predicted octanol–water partition coefficient (Wildman–Crippen LogP) is 4.49. The minimum atomic E-state index is -0.0645. The normalized spacial score (nSPS) is 16.5. The largest absolute Gasteiger partial charge is 0.212 e. The van der Waals surface area contributed by atoms with Crippen molar-refractivity contribution in [2.45, 2.75) is 41.0 Å². The Bertz CT molecular complexity index is 206. The van der Waals surface area contributed by atoms with Crippen LogP contribution in [0.2, 0.25) is 0 Å². The van der Waals surface area contributed by atoms with Crippen molar-refractivity contribution in [3.63, 3.8) is 0 Å². The van der Waals surface area contributed by atoms with Gasteiger partial charge in [0.15, 0.2) is 0 Å². The zero-order chi connectivity index (χ0) is 10.6. The first-order chi connectivity index (χ1) is 5.79. The Labute approximate surface area is 81.5 Å². The van der Waals surface area contributed by atoms with Crippen molar-refractivity contribution in [1.82, 2.24) is 0 Å². The predicted molar refractivity (Wildman–Crippen MR) is 57.2 cm³/mol. The van der Waals surface area contributed by atoms with Gasteiger partial charge >= 0.3 is 0 Å². The van der Waals surface area contributed by atoms with Crippen LogP contribution in [-0.4, -0.2) is 0 Å². The van der Waals surface area contributed by atoms with Gasteiger partial charge < -0.3 is 0 Å². The molecule has 0 aliphatic carbocycles. The second-order valence-corrected chi connectivity index (χ2v) is 4.70. The number of rotatable bonds is 3. The standard InChI is InChI=1S/C12H21F/c1-7-9(2)8-11(13)10(3)12(4,5)6/h7,9H,1,8H2,2-6H3/b11-10-. The van der Waals surface area contributed by atoms with Gasteiger partial charge in [-0.25, -0.2) is 4.39 Å². The van der Waals surface area contributed by atoms with Crippen molar-refractivity contribution in [1.29, 1.82) is 0 Å². The van der Waals surface area contributed by atoms with E-state index >= 15 is 0 Å². The summed E-state index contributed by atoms with van der Waals surface area (Å²) < 4.78 is 13.6. The van der Waals surface area contributed by atoms with Crippen molar-refractivity contribution in [3.8, 4) is 0 Å². The van der Waals surface area contributed by atoms with Crippen molar-refractivity contribution in [2.75, 3.05) is 0 Å². The monoisotopic (exact) mass is 184 g/mol. The van der Waals surface area contributed by atoms with E-state index in [2.05, 4.69) is 6.58 Å². The molecule has 0 amide bonds. The topological polar surface area (TPSA) is 0 Å². The fourth-order valence-electron chi connectivity index (χ4n) is 0.926. The minimum absolute atomic E-state index is 0.0138. The molecule has 0 nitrogen and oxygen atoms in total. The highest BCUT2D eigenvalue weighted by molar-refractivity contribution is 5.13. The van der Waals surface area contributed by atoms with Crippen LogP contribution in [0.25, 0.3) is 0 Å². The molecular formula is C12H21F. The van der Waals surface area contributed by atoms with E-state index in [-0.39, 0.29) is 17.2 Å². The van der Waals surface area contributed by atoms with Gasteiger partial charge in [0.05, 0.1) is 5.83 Å². The van der Waals surface area contributed by atoms with Gasteiger partial charge in [-0.3, -0.25) is 0 Å². The summed E-state index contributed by atoms with van der Waals surface area (Å²) in [6.45, 7) is 13.6. The summed E-state index contributed by atoms with van der Waals surface area (Å²) in [5.74, 6) is 0.234. The highest BCUT2D eigenvalue weighted by Gasteiger charge is 2.17. The van der Waals surface area contributed by atoms with Crippen molar-refractivity contribution in [3.05, 3.63) is 24.1 Å². The fourth-order valence-corrected chi connectivity index (χ4v) is 0.926. The van der Waals surface area contributed by atoms with Crippen LogP contribution in [0, 0.1) is 11.3 Å². The van der Waals surface area contributed by atoms with Crippen LogP contribution in [0.5, 0.6) is 0 Å². The quantitative estimate of drug-likeness (QED) is 0.567. The van der Waals surface area contributed by atoms with Crippen molar-refractivity contribution in [2.24, 2.45) is 11.3 Å². The van der Waals surface area contributed by atoms with Gasteiger partial charge in [-0.2, -0.15) is 0 Å². The second kappa shape index (κ2) is 4.59. The van der Waals surface area contributed by atoms with Gasteiger partial charge in [0.1, 0.15) is 0 Å². The van der Waals surface area contributed by atoms with Crippen molar-refractivity contribution < 1.29 is 4.39 Å². The highest BCUT2D eigenvalue weighted by Crippen LogP contribution is 2.30. The Kier molecular flexibility index (Phi) is 4.38. The smallest absolute Gasteiger partial charge is 0.0999 e.